The molecule has 0 saturated carbocycles. The van der Waals surface area contributed by atoms with Gasteiger partial charge in [-0.05, 0) is 39.9 Å². The van der Waals surface area contributed by atoms with Gasteiger partial charge in [-0.15, -0.1) is 0 Å². The molecule has 1 aromatic carbocycles. The number of H-pyrrole nitrogens is 1. The Balaban J connectivity index is 1.91. The van der Waals surface area contributed by atoms with Crippen LogP contribution in [-0.4, -0.2) is 41.5 Å². The molecule has 0 radical (unpaired) electrons. The molecule has 1 fully saturated rings. The smallest absolute Gasteiger partial charge is 0.137 e. The number of likely N-dealkylation sites (tertiary alicyclic amines) is 1. The van der Waals surface area contributed by atoms with Gasteiger partial charge in [0, 0.05) is 17.8 Å². The number of imidazole rings is 1. The highest BCUT2D eigenvalue weighted by Crippen LogP contribution is 2.28. The average molecular weight is 284 g/mol. The van der Waals surface area contributed by atoms with E-state index in [1.54, 1.807) is 0 Å². The molecule has 2 aromatic rings. The Bertz CT molecular complexity index is 570. The molecule has 1 aromatic heterocycles. The second-order valence-corrected chi connectivity index (χ2v) is 5.78. The largest absolute Gasteiger partial charge is 0.342 e. The Hall–Kier alpha value is -1.65. The van der Waals surface area contributed by atoms with E-state index in [2.05, 4.69) is 46.4 Å². The number of hydrogen-bond acceptors (Lipinski definition) is 3. The molecule has 0 spiro atoms. The lowest BCUT2D eigenvalue weighted by molar-refractivity contribution is 0.237. The van der Waals surface area contributed by atoms with Crippen LogP contribution in [-0.2, 0) is 0 Å². The summed E-state index contributed by atoms with van der Waals surface area (Å²) < 4.78 is 0. The highest BCUT2D eigenvalue weighted by Gasteiger charge is 2.26. The molecule has 3 rings (SSSR count). The predicted octanol–water partition coefficient (Wildman–Crippen LogP) is 2.74. The van der Waals surface area contributed by atoms with E-state index in [1.807, 2.05) is 13.1 Å². The highest BCUT2D eigenvalue weighted by molar-refractivity contribution is 5.55. The first-order chi connectivity index (χ1) is 10.3. The fourth-order valence-electron chi connectivity index (χ4n) is 3.18. The van der Waals surface area contributed by atoms with E-state index in [0.717, 1.165) is 17.9 Å². The fraction of sp³-hybridized carbons (Fsp3) is 0.471. The summed E-state index contributed by atoms with van der Waals surface area (Å²) in [5.74, 6) is 0.975. The second-order valence-electron chi connectivity index (χ2n) is 5.78. The molecular weight excluding hydrogens is 260 g/mol. The number of likely N-dealkylation sites (N-methyl/N-ethyl adjacent to an activating group) is 1. The van der Waals surface area contributed by atoms with Crippen LogP contribution in [0.5, 0.6) is 0 Å². The zero-order chi connectivity index (χ0) is 14.7. The van der Waals surface area contributed by atoms with Gasteiger partial charge >= 0.3 is 0 Å². The third-order valence-corrected chi connectivity index (χ3v) is 4.26. The van der Waals surface area contributed by atoms with Crippen LogP contribution in [0.25, 0.3) is 11.4 Å². The van der Waals surface area contributed by atoms with Gasteiger partial charge < -0.3 is 10.3 Å². The first-order valence-electron chi connectivity index (χ1n) is 7.80. The Morgan fingerprint density at radius 1 is 1.24 bits per heavy atom. The quantitative estimate of drug-likeness (QED) is 0.887. The van der Waals surface area contributed by atoms with Crippen molar-refractivity contribution in [1.29, 1.82) is 0 Å². The zero-order valence-electron chi connectivity index (χ0n) is 12.9. The SMILES string of the molecule is CNCC(c1nc(-c2ccccc2)[nH]c1C)N1CCCC1. The number of hydrogen-bond donors (Lipinski definition) is 2. The zero-order valence-corrected chi connectivity index (χ0v) is 12.9. The first-order valence-corrected chi connectivity index (χ1v) is 7.80. The lowest BCUT2D eigenvalue weighted by Crippen LogP contribution is -2.33. The summed E-state index contributed by atoms with van der Waals surface area (Å²) in [6.45, 7) is 5.44. The minimum absolute atomic E-state index is 0.367. The minimum Gasteiger partial charge on any atom is -0.342 e. The molecule has 0 aliphatic carbocycles. The molecule has 2 heterocycles. The van der Waals surface area contributed by atoms with Gasteiger partial charge in [0.1, 0.15) is 5.82 Å². The summed E-state index contributed by atoms with van der Waals surface area (Å²) in [7, 11) is 2.02. The Kier molecular flexibility index (Phi) is 4.36. The Morgan fingerprint density at radius 3 is 2.62 bits per heavy atom. The molecule has 1 saturated heterocycles. The van der Waals surface area contributed by atoms with Crippen LogP contribution in [0.4, 0.5) is 0 Å². The molecule has 0 bridgehead atoms. The van der Waals surface area contributed by atoms with Crippen LogP contribution in [0.15, 0.2) is 30.3 Å². The summed E-state index contributed by atoms with van der Waals surface area (Å²) in [5.41, 5.74) is 3.52. The molecule has 2 N–H and O–H groups in total. The van der Waals surface area contributed by atoms with E-state index in [0.29, 0.717) is 6.04 Å². The molecule has 1 unspecified atom stereocenters. The molecule has 1 aliphatic heterocycles. The minimum atomic E-state index is 0.367. The van der Waals surface area contributed by atoms with E-state index >= 15 is 0 Å². The van der Waals surface area contributed by atoms with Gasteiger partial charge in [0.2, 0.25) is 0 Å². The standard InChI is InChI=1S/C17H24N4/c1-13-16(15(12-18-2)21-10-6-7-11-21)20-17(19-13)14-8-4-3-5-9-14/h3-5,8-9,15,18H,6-7,10-12H2,1-2H3,(H,19,20). The summed E-state index contributed by atoms with van der Waals surface area (Å²) in [4.78, 5) is 10.9. The van der Waals surface area contributed by atoms with Gasteiger partial charge in [0.25, 0.3) is 0 Å². The van der Waals surface area contributed by atoms with Crippen LogP contribution in [0, 0.1) is 6.92 Å². The van der Waals surface area contributed by atoms with Crippen molar-refractivity contribution in [2.75, 3.05) is 26.7 Å². The van der Waals surface area contributed by atoms with Crippen LogP contribution in [0.2, 0.25) is 0 Å². The fourth-order valence-corrected chi connectivity index (χ4v) is 3.18. The van der Waals surface area contributed by atoms with Gasteiger partial charge in [-0.2, -0.15) is 0 Å². The van der Waals surface area contributed by atoms with Gasteiger partial charge in [0.15, 0.2) is 0 Å². The van der Waals surface area contributed by atoms with E-state index in [9.17, 15) is 0 Å². The van der Waals surface area contributed by atoms with Crippen molar-refractivity contribution >= 4 is 0 Å². The molecule has 112 valence electrons. The summed E-state index contributed by atoms with van der Waals surface area (Å²) >= 11 is 0. The van der Waals surface area contributed by atoms with E-state index < -0.39 is 0 Å². The van der Waals surface area contributed by atoms with Crippen LogP contribution in [0.3, 0.4) is 0 Å². The maximum Gasteiger partial charge on any atom is 0.137 e. The number of aryl methyl sites for hydroxylation is 1. The van der Waals surface area contributed by atoms with Crippen molar-refractivity contribution in [3.63, 3.8) is 0 Å². The van der Waals surface area contributed by atoms with Crippen LogP contribution < -0.4 is 5.32 Å². The van der Waals surface area contributed by atoms with Crippen molar-refractivity contribution in [2.45, 2.75) is 25.8 Å². The molecule has 1 atom stereocenters. The maximum atomic E-state index is 4.91. The molecular formula is C17H24N4. The van der Waals surface area contributed by atoms with Crippen LogP contribution in [0.1, 0.15) is 30.3 Å². The number of aromatic nitrogens is 2. The topological polar surface area (TPSA) is 44.0 Å². The molecule has 21 heavy (non-hydrogen) atoms. The van der Waals surface area contributed by atoms with Crippen LogP contribution >= 0.6 is 0 Å². The number of rotatable bonds is 5. The van der Waals surface area contributed by atoms with E-state index in [-0.39, 0.29) is 0 Å². The van der Waals surface area contributed by atoms with Gasteiger partial charge in [-0.1, -0.05) is 30.3 Å². The van der Waals surface area contributed by atoms with Gasteiger partial charge in [-0.3, -0.25) is 4.90 Å². The van der Waals surface area contributed by atoms with E-state index in [1.165, 1.54) is 37.3 Å². The van der Waals surface area contributed by atoms with Gasteiger partial charge in [0.05, 0.1) is 11.7 Å². The normalized spacial score (nSPS) is 17.2. The Labute approximate surface area is 126 Å². The summed E-state index contributed by atoms with van der Waals surface area (Å²) in [6, 6.07) is 10.7. The molecule has 4 heteroatoms. The highest BCUT2D eigenvalue weighted by atomic mass is 15.2. The van der Waals surface area contributed by atoms with Crippen molar-refractivity contribution in [1.82, 2.24) is 20.2 Å². The molecule has 1 aliphatic rings. The molecule has 0 amide bonds. The first kappa shape index (κ1) is 14.3. The van der Waals surface area contributed by atoms with Gasteiger partial charge in [-0.25, -0.2) is 4.98 Å². The second kappa shape index (κ2) is 6.41. The summed E-state index contributed by atoms with van der Waals surface area (Å²) in [5, 5.41) is 3.32. The molecule has 4 nitrogen and oxygen atoms in total. The number of nitrogens with one attached hydrogen (secondary N) is 2. The Morgan fingerprint density at radius 2 is 1.95 bits per heavy atom. The number of aromatic amines is 1. The number of benzene rings is 1. The van der Waals surface area contributed by atoms with Crippen molar-refractivity contribution < 1.29 is 0 Å². The maximum absolute atomic E-state index is 4.91. The third-order valence-electron chi connectivity index (χ3n) is 4.26. The number of nitrogens with zero attached hydrogens (tertiary/aromatic N) is 2. The van der Waals surface area contributed by atoms with Crippen molar-refractivity contribution in [2.24, 2.45) is 0 Å². The van der Waals surface area contributed by atoms with E-state index in [4.69, 9.17) is 4.98 Å². The lowest BCUT2D eigenvalue weighted by Gasteiger charge is -2.26. The monoisotopic (exact) mass is 284 g/mol. The third kappa shape index (κ3) is 3.01. The summed E-state index contributed by atoms with van der Waals surface area (Å²) in [6.07, 6.45) is 2.60. The lowest BCUT2D eigenvalue weighted by atomic mass is 10.1. The average Bonchev–Trinajstić information content (AvgIpc) is 3.16. The van der Waals surface area contributed by atoms with Crippen molar-refractivity contribution in [3.05, 3.63) is 41.7 Å². The van der Waals surface area contributed by atoms with Crippen molar-refractivity contribution in [3.8, 4) is 11.4 Å². The predicted molar refractivity (Wildman–Crippen MR) is 86.2 cm³/mol.